The number of methoxy groups -OCH3 is 1. The van der Waals surface area contributed by atoms with E-state index >= 15 is 0 Å². The second kappa shape index (κ2) is 9.24. The third-order valence-electron chi connectivity index (χ3n) is 4.90. The average molecular weight is 446 g/mol. The maximum absolute atomic E-state index is 13.5. The molecule has 2 aromatic rings. The first-order chi connectivity index (χ1) is 14.7. The third-order valence-corrected chi connectivity index (χ3v) is 5.25. The monoisotopic (exact) mass is 445 g/mol. The molecule has 2 amide bonds. The van der Waals surface area contributed by atoms with Gasteiger partial charge >= 0.3 is 12.0 Å². The Morgan fingerprint density at radius 1 is 1.29 bits per heavy atom. The molecule has 1 unspecified atom stereocenters. The van der Waals surface area contributed by atoms with Crippen LogP contribution in [0.3, 0.4) is 0 Å². The molecule has 0 aliphatic carbocycles. The molecule has 0 radical (unpaired) electrons. The second-order valence-corrected chi connectivity index (χ2v) is 8.78. The molecule has 3 rings (SSSR count). The first-order valence-electron chi connectivity index (χ1n) is 10.2. The SMILES string of the molecule is CCc1c(Cl)ccnc1N1CC(COC)N(c2cccc(C(=O)OC(C)(C)C)c2)C1=O. The number of hydrogen-bond acceptors (Lipinski definition) is 5. The van der Waals surface area contributed by atoms with Crippen LogP contribution in [-0.4, -0.2) is 48.9 Å². The van der Waals surface area contributed by atoms with Crippen molar-refractivity contribution in [3.63, 3.8) is 0 Å². The van der Waals surface area contributed by atoms with Crippen LogP contribution >= 0.6 is 11.6 Å². The topological polar surface area (TPSA) is 72.0 Å². The highest BCUT2D eigenvalue weighted by molar-refractivity contribution is 6.31. The molecule has 0 bridgehead atoms. The molecule has 31 heavy (non-hydrogen) atoms. The number of carbonyl (C=O) groups excluding carboxylic acids is 2. The lowest BCUT2D eigenvalue weighted by atomic mass is 10.1. The van der Waals surface area contributed by atoms with Crippen molar-refractivity contribution >= 4 is 35.1 Å². The largest absolute Gasteiger partial charge is 0.456 e. The predicted octanol–water partition coefficient (Wildman–Crippen LogP) is 4.71. The van der Waals surface area contributed by atoms with Crippen LogP contribution in [0.4, 0.5) is 16.3 Å². The summed E-state index contributed by atoms with van der Waals surface area (Å²) in [5.41, 5.74) is 1.18. The zero-order valence-electron chi connectivity index (χ0n) is 18.5. The molecule has 7 nitrogen and oxygen atoms in total. The molecule has 1 atom stereocenters. The number of hydrogen-bond donors (Lipinski definition) is 0. The molecule has 1 aromatic heterocycles. The summed E-state index contributed by atoms with van der Waals surface area (Å²) in [5, 5.41) is 0.578. The fourth-order valence-corrected chi connectivity index (χ4v) is 3.89. The Balaban J connectivity index is 1.97. The fraction of sp³-hybridized carbons (Fsp3) is 0.435. The molecule has 1 saturated heterocycles. The maximum Gasteiger partial charge on any atom is 0.338 e. The number of pyridine rings is 1. The van der Waals surface area contributed by atoms with Crippen molar-refractivity contribution in [2.75, 3.05) is 30.1 Å². The van der Waals surface area contributed by atoms with Crippen LogP contribution in [0.1, 0.15) is 43.6 Å². The number of urea groups is 1. The van der Waals surface area contributed by atoms with E-state index in [1.165, 1.54) is 0 Å². The summed E-state index contributed by atoms with van der Waals surface area (Å²) >= 11 is 6.35. The normalized spacial score (nSPS) is 16.7. The molecule has 1 fully saturated rings. The standard InChI is InChI=1S/C23H28ClN3O4/c1-6-18-19(24)10-11-25-20(18)26-13-17(14-30-5)27(22(26)29)16-9-7-8-15(12-16)21(28)31-23(2,3)4/h7-12,17H,6,13-14H2,1-5H3. The van der Waals surface area contributed by atoms with Crippen LogP contribution in [0.25, 0.3) is 0 Å². The molecule has 1 aliphatic heterocycles. The van der Waals surface area contributed by atoms with Crippen LogP contribution < -0.4 is 9.80 Å². The Morgan fingerprint density at radius 3 is 2.68 bits per heavy atom. The predicted molar refractivity (Wildman–Crippen MR) is 121 cm³/mol. The van der Waals surface area contributed by atoms with Gasteiger partial charge in [0.25, 0.3) is 0 Å². The molecular weight excluding hydrogens is 418 g/mol. The Labute approximate surface area is 187 Å². The Morgan fingerprint density at radius 2 is 2.03 bits per heavy atom. The number of amides is 2. The lowest BCUT2D eigenvalue weighted by molar-refractivity contribution is 0.00695. The Kier molecular flexibility index (Phi) is 6.86. The molecule has 0 saturated carbocycles. The highest BCUT2D eigenvalue weighted by Crippen LogP contribution is 2.33. The van der Waals surface area contributed by atoms with Crippen molar-refractivity contribution in [2.45, 2.75) is 45.8 Å². The molecular formula is C23H28ClN3O4. The van der Waals surface area contributed by atoms with Gasteiger partial charge in [0.15, 0.2) is 0 Å². The molecule has 1 aromatic carbocycles. The minimum atomic E-state index is -0.610. The van der Waals surface area contributed by atoms with E-state index in [0.29, 0.717) is 41.7 Å². The van der Waals surface area contributed by atoms with Crippen molar-refractivity contribution in [1.82, 2.24) is 4.98 Å². The van der Waals surface area contributed by atoms with E-state index in [4.69, 9.17) is 21.1 Å². The smallest absolute Gasteiger partial charge is 0.338 e. The molecule has 1 aliphatic rings. The molecule has 0 N–H and O–H groups in total. The maximum atomic E-state index is 13.5. The number of anilines is 2. The van der Waals surface area contributed by atoms with Gasteiger partial charge in [-0.1, -0.05) is 24.6 Å². The van der Waals surface area contributed by atoms with E-state index in [0.717, 1.165) is 5.56 Å². The summed E-state index contributed by atoms with van der Waals surface area (Å²) in [5.74, 6) is 0.109. The van der Waals surface area contributed by atoms with Gasteiger partial charge in [-0.05, 0) is 51.5 Å². The summed E-state index contributed by atoms with van der Waals surface area (Å²) < 4.78 is 10.8. The van der Waals surface area contributed by atoms with Crippen LogP contribution in [-0.2, 0) is 15.9 Å². The number of nitrogens with zero attached hydrogens (tertiary/aromatic N) is 3. The number of rotatable bonds is 6. The second-order valence-electron chi connectivity index (χ2n) is 8.37. The molecule has 2 heterocycles. The van der Waals surface area contributed by atoms with Gasteiger partial charge < -0.3 is 9.47 Å². The average Bonchev–Trinajstić information content (AvgIpc) is 3.02. The van der Waals surface area contributed by atoms with E-state index in [1.54, 1.807) is 53.4 Å². The van der Waals surface area contributed by atoms with E-state index in [2.05, 4.69) is 4.98 Å². The van der Waals surface area contributed by atoms with Crippen LogP contribution in [0.2, 0.25) is 5.02 Å². The quantitative estimate of drug-likeness (QED) is 0.602. The van der Waals surface area contributed by atoms with Gasteiger partial charge in [-0.25, -0.2) is 14.6 Å². The van der Waals surface area contributed by atoms with Crippen molar-refractivity contribution in [3.8, 4) is 0 Å². The van der Waals surface area contributed by atoms with Crippen molar-refractivity contribution < 1.29 is 19.1 Å². The van der Waals surface area contributed by atoms with Crippen molar-refractivity contribution in [2.24, 2.45) is 0 Å². The van der Waals surface area contributed by atoms with Crippen molar-refractivity contribution in [3.05, 3.63) is 52.7 Å². The summed E-state index contributed by atoms with van der Waals surface area (Å²) in [6.07, 6.45) is 2.25. The molecule has 8 heteroatoms. The van der Waals surface area contributed by atoms with Gasteiger partial charge in [0, 0.05) is 29.6 Å². The number of esters is 1. The van der Waals surface area contributed by atoms with Gasteiger partial charge in [-0.2, -0.15) is 0 Å². The lowest BCUT2D eigenvalue weighted by Crippen LogP contribution is -2.37. The van der Waals surface area contributed by atoms with Gasteiger partial charge in [0.2, 0.25) is 0 Å². The zero-order valence-corrected chi connectivity index (χ0v) is 19.3. The van der Waals surface area contributed by atoms with E-state index in [-0.39, 0.29) is 12.1 Å². The minimum absolute atomic E-state index is 0.243. The fourth-order valence-electron chi connectivity index (χ4n) is 3.61. The summed E-state index contributed by atoms with van der Waals surface area (Å²) in [6, 6.07) is 8.11. The summed E-state index contributed by atoms with van der Waals surface area (Å²) in [4.78, 5) is 33.7. The summed E-state index contributed by atoms with van der Waals surface area (Å²) in [7, 11) is 1.59. The number of benzene rings is 1. The van der Waals surface area contributed by atoms with E-state index in [9.17, 15) is 9.59 Å². The van der Waals surface area contributed by atoms with Gasteiger partial charge in [-0.3, -0.25) is 9.80 Å². The Bertz CT molecular complexity index is 974. The van der Waals surface area contributed by atoms with Gasteiger partial charge in [0.1, 0.15) is 11.4 Å². The van der Waals surface area contributed by atoms with Crippen molar-refractivity contribution in [1.29, 1.82) is 0 Å². The highest BCUT2D eigenvalue weighted by atomic mass is 35.5. The van der Waals surface area contributed by atoms with Gasteiger partial charge in [0.05, 0.1) is 24.8 Å². The van der Waals surface area contributed by atoms with Gasteiger partial charge in [-0.15, -0.1) is 0 Å². The molecule has 0 spiro atoms. The number of halogens is 1. The third kappa shape index (κ3) is 4.99. The highest BCUT2D eigenvalue weighted by Gasteiger charge is 2.40. The summed E-state index contributed by atoms with van der Waals surface area (Å²) in [6.45, 7) is 8.14. The van der Waals surface area contributed by atoms with Crippen LogP contribution in [0.5, 0.6) is 0 Å². The van der Waals surface area contributed by atoms with Crippen LogP contribution in [0.15, 0.2) is 36.5 Å². The van der Waals surface area contributed by atoms with Crippen LogP contribution in [0, 0.1) is 0 Å². The van der Waals surface area contributed by atoms with E-state index in [1.807, 2.05) is 27.7 Å². The number of ether oxygens (including phenoxy) is 2. The molecule has 166 valence electrons. The first-order valence-corrected chi connectivity index (χ1v) is 10.6. The first kappa shape index (κ1) is 23.0. The lowest BCUT2D eigenvalue weighted by Gasteiger charge is -2.24. The van der Waals surface area contributed by atoms with E-state index < -0.39 is 11.6 Å². The number of carbonyl (C=O) groups is 2. The zero-order chi connectivity index (χ0) is 22.8. The number of aromatic nitrogens is 1. The Hall–Kier alpha value is -2.64. The minimum Gasteiger partial charge on any atom is -0.456 e.